The number of carbonyl (C=O) groups excluding carboxylic acids is 2. The highest BCUT2D eigenvalue weighted by Gasteiger charge is 2.19. The van der Waals surface area contributed by atoms with E-state index in [1.165, 1.54) is 0 Å². The molecule has 3 rings (SSSR count). The van der Waals surface area contributed by atoms with Gasteiger partial charge in [0.1, 0.15) is 10.8 Å². The number of anilines is 3. The number of methoxy groups -OCH3 is 1. The lowest BCUT2D eigenvalue weighted by molar-refractivity contribution is 0.0997. The molecule has 0 saturated carbocycles. The maximum Gasteiger partial charge on any atom is 0.270 e. The number of primary amides is 1. The van der Waals surface area contributed by atoms with Crippen LogP contribution in [0.1, 0.15) is 26.4 Å². The number of thiazole rings is 1. The number of nitrogens with zero attached hydrogens (tertiary/aromatic N) is 1. The molecule has 8 heteroatoms. The first-order valence-electron chi connectivity index (χ1n) is 8.25. The van der Waals surface area contributed by atoms with Gasteiger partial charge in [0.05, 0.1) is 7.11 Å². The zero-order valence-corrected chi connectivity index (χ0v) is 15.9. The van der Waals surface area contributed by atoms with E-state index in [2.05, 4.69) is 22.2 Å². The summed E-state index contributed by atoms with van der Waals surface area (Å²) in [6.45, 7) is 3.71. The lowest BCUT2D eigenvalue weighted by Crippen LogP contribution is -2.17. The Kier molecular flexibility index (Phi) is 5.71. The summed E-state index contributed by atoms with van der Waals surface area (Å²) < 4.78 is 5.08. The van der Waals surface area contributed by atoms with Gasteiger partial charge >= 0.3 is 0 Å². The Bertz CT molecular complexity index is 1010. The minimum Gasteiger partial charge on any atom is -0.497 e. The molecule has 0 aliphatic rings. The van der Waals surface area contributed by atoms with Gasteiger partial charge in [-0.25, -0.2) is 4.98 Å². The van der Waals surface area contributed by atoms with Gasteiger partial charge in [0, 0.05) is 11.3 Å². The van der Waals surface area contributed by atoms with Crippen molar-refractivity contribution >= 4 is 45.0 Å². The molecule has 142 valence electrons. The third kappa shape index (κ3) is 4.36. The Balaban J connectivity index is 1.80. The van der Waals surface area contributed by atoms with Gasteiger partial charge in [-0.05, 0) is 42.0 Å². The van der Waals surface area contributed by atoms with Gasteiger partial charge in [-0.1, -0.05) is 36.1 Å². The molecule has 0 aliphatic heterocycles. The lowest BCUT2D eigenvalue weighted by Gasteiger charge is -2.05. The highest BCUT2D eigenvalue weighted by atomic mass is 32.1. The van der Waals surface area contributed by atoms with E-state index in [1.807, 2.05) is 24.3 Å². The first-order valence-corrected chi connectivity index (χ1v) is 9.07. The zero-order valence-electron chi connectivity index (χ0n) is 15.1. The van der Waals surface area contributed by atoms with Crippen LogP contribution in [0.2, 0.25) is 0 Å². The van der Waals surface area contributed by atoms with Crippen LogP contribution in [-0.2, 0) is 0 Å². The van der Waals surface area contributed by atoms with Gasteiger partial charge in [-0.15, -0.1) is 0 Å². The number of amides is 2. The summed E-state index contributed by atoms with van der Waals surface area (Å²) in [5.41, 5.74) is 7.59. The Morgan fingerprint density at radius 3 is 2.39 bits per heavy atom. The second-order valence-corrected chi connectivity index (χ2v) is 6.69. The van der Waals surface area contributed by atoms with Crippen molar-refractivity contribution in [1.82, 2.24) is 4.98 Å². The monoisotopic (exact) mass is 394 g/mol. The van der Waals surface area contributed by atoms with E-state index in [0.717, 1.165) is 22.6 Å². The van der Waals surface area contributed by atoms with Gasteiger partial charge < -0.3 is 21.1 Å². The second-order valence-electron chi connectivity index (χ2n) is 5.69. The quantitative estimate of drug-likeness (QED) is 0.564. The average Bonchev–Trinajstić information content (AvgIpc) is 3.11. The largest absolute Gasteiger partial charge is 0.497 e. The molecule has 2 aromatic carbocycles. The number of aromatic nitrogens is 1. The summed E-state index contributed by atoms with van der Waals surface area (Å²) >= 11 is 1.12. The molecule has 1 heterocycles. The van der Waals surface area contributed by atoms with Crippen molar-refractivity contribution in [2.45, 2.75) is 0 Å². The standard InChI is InChI=1S/C20H18N4O3S/c1-3-12-4-8-14(9-5-12)22-20-23-16(17(21)25)19(28-20)24-18(26)13-6-10-15(27-2)11-7-13/h3-11H,1H2,2H3,(H2,21,25)(H,22,23)(H,24,26). The third-order valence-electron chi connectivity index (χ3n) is 3.84. The topological polar surface area (TPSA) is 106 Å². The highest BCUT2D eigenvalue weighted by molar-refractivity contribution is 7.20. The van der Waals surface area contributed by atoms with Crippen LogP contribution in [0.3, 0.4) is 0 Å². The van der Waals surface area contributed by atoms with Gasteiger partial charge in [0.25, 0.3) is 11.8 Å². The molecular formula is C20H18N4O3S. The van der Waals surface area contributed by atoms with Crippen LogP contribution < -0.4 is 21.1 Å². The fraction of sp³-hybridized carbons (Fsp3) is 0.0500. The SMILES string of the molecule is C=Cc1ccc(Nc2nc(C(N)=O)c(NC(=O)c3ccc(OC)cc3)s2)cc1. The molecule has 0 aliphatic carbocycles. The van der Waals surface area contributed by atoms with E-state index in [9.17, 15) is 9.59 Å². The number of benzene rings is 2. The minimum atomic E-state index is -0.726. The summed E-state index contributed by atoms with van der Waals surface area (Å²) in [6.07, 6.45) is 1.74. The Morgan fingerprint density at radius 2 is 1.82 bits per heavy atom. The van der Waals surface area contributed by atoms with E-state index in [1.54, 1.807) is 37.5 Å². The molecule has 0 spiro atoms. The number of rotatable bonds is 7. The van der Waals surface area contributed by atoms with E-state index in [4.69, 9.17) is 10.5 Å². The van der Waals surface area contributed by atoms with Crippen molar-refractivity contribution in [2.24, 2.45) is 5.73 Å². The molecule has 2 amide bonds. The summed E-state index contributed by atoms with van der Waals surface area (Å²) in [4.78, 5) is 28.4. The first kappa shape index (κ1) is 19.1. The number of nitrogens with one attached hydrogen (secondary N) is 2. The molecule has 1 aromatic heterocycles. The molecule has 4 N–H and O–H groups in total. The molecule has 7 nitrogen and oxygen atoms in total. The van der Waals surface area contributed by atoms with E-state index in [0.29, 0.717) is 16.4 Å². The van der Waals surface area contributed by atoms with Gasteiger partial charge in [-0.2, -0.15) is 0 Å². The van der Waals surface area contributed by atoms with Crippen LogP contribution in [0.5, 0.6) is 5.75 Å². The molecule has 28 heavy (non-hydrogen) atoms. The average molecular weight is 394 g/mol. The third-order valence-corrected chi connectivity index (χ3v) is 4.72. The molecule has 3 aromatic rings. The number of hydrogen-bond acceptors (Lipinski definition) is 6. The predicted octanol–water partition coefficient (Wildman–Crippen LogP) is 3.89. The number of ether oxygens (including phenoxy) is 1. The molecule has 0 saturated heterocycles. The van der Waals surface area contributed by atoms with Crippen molar-refractivity contribution < 1.29 is 14.3 Å². The Labute approximate surface area is 165 Å². The van der Waals surface area contributed by atoms with Crippen molar-refractivity contribution in [1.29, 1.82) is 0 Å². The van der Waals surface area contributed by atoms with Crippen LogP contribution in [0.15, 0.2) is 55.1 Å². The summed E-state index contributed by atoms with van der Waals surface area (Å²) in [5, 5.41) is 6.50. The molecule has 0 bridgehead atoms. The molecule has 0 unspecified atom stereocenters. The lowest BCUT2D eigenvalue weighted by atomic mass is 10.2. The first-order chi connectivity index (χ1) is 13.5. The van der Waals surface area contributed by atoms with Crippen molar-refractivity contribution in [3.8, 4) is 5.75 Å². The number of nitrogens with two attached hydrogens (primary N) is 1. The predicted molar refractivity (Wildman–Crippen MR) is 111 cm³/mol. The van der Waals surface area contributed by atoms with Crippen molar-refractivity contribution in [3.05, 3.63) is 71.9 Å². The summed E-state index contributed by atoms with van der Waals surface area (Å²) in [7, 11) is 1.55. The molecule has 0 fully saturated rings. The fourth-order valence-electron chi connectivity index (χ4n) is 2.37. The van der Waals surface area contributed by atoms with E-state index in [-0.39, 0.29) is 16.6 Å². The van der Waals surface area contributed by atoms with Crippen LogP contribution in [0, 0.1) is 0 Å². The van der Waals surface area contributed by atoms with E-state index < -0.39 is 5.91 Å². The number of carbonyl (C=O) groups is 2. The summed E-state index contributed by atoms with van der Waals surface area (Å²) in [6, 6.07) is 14.1. The van der Waals surface area contributed by atoms with Gasteiger partial charge in [-0.3, -0.25) is 9.59 Å². The highest BCUT2D eigenvalue weighted by Crippen LogP contribution is 2.31. The van der Waals surface area contributed by atoms with Crippen LogP contribution in [-0.4, -0.2) is 23.9 Å². The Morgan fingerprint density at radius 1 is 1.14 bits per heavy atom. The zero-order chi connectivity index (χ0) is 20.1. The minimum absolute atomic E-state index is 0.00271. The van der Waals surface area contributed by atoms with Crippen LogP contribution in [0.4, 0.5) is 15.8 Å². The van der Waals surface area contributed by atoms with Crippen LogP contribution >= 0.6 is 11.3 Å². The Hall–Kier alpha value is -3.65. The molecule has 0 radical (unpaired) electrons. The maximum atomic E-state index is 12.5. The van der Waals surface area contributed by atoms with Gasteiger partial charge in [0.15, 0.2) is 10.8 Å². The smallest absolute Gasteiger partial charge is 0.270 e. The van der Waals surface area contributed by atoms with Crippen molar-refractivity contribution in [2.75, 3.05) is 17.7 Å². The second kappa shape index (κ2) is 8.36. The number of hydrogen-bond donors (Lipinski definition) is 3. The fourth-order valence-corrected chi connectivity index (χ4v) is 3.25. The maximum absolute atomic E-state index is 12.5. The molecular weight excluding hydrogens is 376 g/mol. The summed E-state index contributed by atoms with van der Waals surface area (Å²) in [5.74, 6) is -0.465. The van der Waals surface area contributed by atoms with E-state index >= 15 is 0 Å². The van der Waals surface area contributed by atoms with Crippen molar-refractivity contribution in [3.63, 3.8) is 0 Å². The van der Waals surface area contributed by atoms with Gasteiger partial charge in [0.2, 0.25) is 0 Å². The molecule has 0 atom stereocenters. The normalized spacial score (nSPS) is 10.2. The van der Waals surface area contributed by atoms with Crippen LogP contribution in [0.25, 0.3) is 6.08 Å².